The third-order valence-corrected chi connectivity index (χ3v) is 5.43. The van der Waals surface area contributed by atoms with Crippen molar-refractivity contribution in [2.75, 3.05) is 7.05 Å². The van der Waals surface area contributed by atoms with Crippen LogP contribution in [0, 0.1) is 0 Å². The van der Waals surface area contributed by atoms with Crippen molar-refractivity contribution in [1.82, 2.24) is 19.8 Å². The number of carbonyl (C=O) groups excluding carboxylic acids is 1. The van der Waals surface area contributed by atoms with E-state index in [1.54, 1.807) is 36.4 Å². The molecule has 0 radical (unpaired) electrons. The van der Waals surface area contributed by atoms with Gasteiger partial charge in [0.2, 0.25) is 21.4 Å². The maximum absolute atomic E-state index is 12.3. The monoisotopic (exact) mass is 386 g/mol. The van der Waals surface area contributed by atoms with Crippen LogP contribution in [0.3, 0.4) is 0 Å². The number of nitrogens with zero attached hydrogens (tertiary/aromatic N) is 2. The summed E-state index contributed by atoms with van der Waals surface area (Å²) in [6.45, 7) is 0.110. The summed E-state index contributed by atoms with van der Waals surface area (Å²) in [5.74, 6) is -0.307. The molecule has 0 unspecified atom stereocenters. The van der Waals surface area contributed by atoms with Crippen LogP contribution in [0.4, 0.5) is 0 Å². The fourth-order valence-corrected chi connectivity index (χ4v) is 3.42. The molecule has 0 saturated heterocycles. The lowest BCUT2D eigenvalue weighted by Crippen LogP contribution is -2.29. The molecule has 3 aromatic rings. The van der Waals surface area contributed by atoms with Gasteiger partial charge in [0.1, 0.15) is 6.54 Å². The van der Waals surface area contributed by atoms with Gasteiger partial charge < -0.3 is 5.32 Å². The van der Waals surface area contributed by atoms with Crippen LogP contribution < -0.4 is 15.5 Å². The van der Waals surface area contributed by atoms with E-state index in [4.69, 9.17) is 0 Å². The second-order valence-electron chi connectivity index (χ2n) is 5.82. The Hall–Kier alpha value is -3.04. The van der Waals surface area contributed by atoms with Gasteiger partial charge >= 0.3 is 0 Å². The zero-order chi connectivity index (χ0) is 19.4. The number of hydrogen-bond donors (Lipinski definition) is 2. The number of aromatic nitrogens is 2. The van der Waals surface area contributed by atoms with Gasteiger partial charge in [-0.05, 0) is 36.9 Å². The molecular weight excluding hydrogens is 368 g/mol. The normalized spacial score (nSPS) is 11.4. The van der Waals surface area contributed by atoms with Crippen molar-refractivity contribution in [3.63, 3.8) is 0 Å². The van der Waals surface area contributed by atoms with Crippen LogP contribution in [0.15, 0.2) is 64.4 Å². The van der Waals surface area contributed by atoms with Crippen molar-refractivity contribution < 1.29 is 13.2 Å². The molecule has 3 rings (SSSR count). The lowest BCUT2D eigenvalue weighted by Gasteiger charge is -2.10. The lowest BCUT2D eigenvalue weighted by atomic mass is 10.2. The number of rotatable bonds is 6. The van der Waals surface area contributed by atoms with Gasteiger partial charge in [0.05, 0.1) is 16.6 Å². The Morgan fingerprint density at radius 1 is 1.15 bits per heavy atom. The van der Waals surface area contributed by atoms with E-state index < -0.39 is 10.0 Å². The fourth-order valence-electron chi connectivity index (χ4n) is 2.62. The van der Waals surface area contributed by atoms with Gasteiger partial charge in [-0.1, -0.05) is 24.3 Å². The van der Waals surface area contributed by atoms with Crippen molar-refractivity contribution in [2.45, 2.75) is 18.0 Å². The number of sulfonamides is 1. The first-order valence-electron chi connectivity index (χ1n) is 8.15. The fraction of sp³-hybridized carbons (Fsp3) is 0.167. The number of amides is 1. The second kappa shape index (κ2) is 7.68. The Kier molecular flexibility index (Phi) is 5.33. The Balaban J connectivity index is 1.72. The van der Waals surface area contributed by atoms with Crippen LogP contribution in [-0.4, -0.2) is 31.2 Å². The van der Waals surface area contributed by atoms with Crippen LogP contribution >= 0.6 is 0 Å². The zero-order valence-electron chi connectivity index (χ0n) is 14.5. The molecule has 0 saturated carbocycles. The first kappa shape index (κ1) is 18.7. The van der Waals surface area contributed by atoms with E-state index >= 15 is 0 Å². The predicted octanol–water partition coefficient (Wildman–Crippen LogP) is 0.621. The molecule has 8 nitrogen and oxygen atoms in total. The van der Waals surface area contributed by atoms with Gasteiger partial charge in [-0.25, -0.2) is 13.1 Å². The Morgan fingerprint density at radius 3 is 2.70 bits per heavy atom. The molecule has 0 atom stereocenters. The quantitative estimate of drug-likeness (QED) is 0.645. The molecule has 140 valence electrons. The summed E-state index contributed by atoms with van der Waals surface area (Å²) in [6, 6.07) is 13.2. The minimum atomic E-state index is -3.54. The summed E-state index contributed by atoms with van der Waals surface area (Å²) in [4.78, 5) is 24.2. The molecule has 0 aliphatic heterocycles. The summed E-state index contributed by atoms with van der Waals surface area (Å²) in [7, 11) is -2.20. The number of para-hydroxylation sites is 1. The van der Waals surface area contributed by atoms with Crippen molar-refractivity contribution in [3.05, 3.63) is 70.5 Å². The van der Waals surface area contributed by atoms with Crippen LogP contribution in [0.1, 0.15) is 5.56 Å². The highest BCUT2D eigenvalue weighted by Gasteiger charge is 2.12. The van der Waals surface area contributed by atoms with Crippen molar-refractivity contribution in [3.8, 4) is 0 Å². The number of fused-ring (bicyclic) bond motifs is 1. The predicted molar refractivity (Wildman–Crippen MR) is 101 cm³/mol. The average molecular weight is 386 g/mol. The van der Waals surface area contributed by atoms with Gasteiger partial charge in [0.25, 0.3) is 0 Å². The third-order valence-electron chi connectivity index (χ3n) is 4.02. The van der Waals surface area contributed by atoms with Gasteiger partial charge in [-0.15, -0.1) is 0 Å². The van der Waals surface area contributed by atoms with E-state index in [9.17, 15) is 18.0 Å². The van der Waals surface area contributed by atoms with E-state index in [0.717, 1.165) is 0 Å². The molecule has 0 bridgehead atoms. The van der Waals surface area contributed by atoms with Crippen LogP contribution in [-0.2, 0) is 27.9 Å². The molecule has 2 N–H and O–H groups in total. The first-order chi connectivity index (χ1) is 12.9. The lowest BCUT2D eigenvalue weighted by molar-refractivity contribution is -0.121. The molecule has 1 amide bonds. The molecule has 2 aromatic carbocycles. The molecule has 1 heterocycles. The highest BCUT2D eigenvalue weighted by atomic mass is 32.2. The maximum atomic E-state index is 12.3. The van der Waals surface area contributed by atoms with Gasteiger partial charge in [-0.3, -0.25) is 14.3 Å². The molecule has 0 aliphatic carbocycles. The molecular formula is C18H18N4O4S. The van der Waals surface area contributed by atoms with E-state index in [2.05, 4.69) is 15.1 Å². The molecule has 1 aromatic heterocycles. The minimum Gasteiger partial charge on any atom is -0.350 e. The highest BCUT2D eigenvalue weighted by Crippen LogP contribution is 2.11. The molecule has 0 fully saturated rings. The number of nitrogens with one attached hydrogen (secondary N) is 2. The topological polar surface area (TPSA) is 110 Å². The van der Waals surface area contributed by atoms with E-state index in [1.165, 1.54) is 30.1 Å². The largest absolute Gasteiger partial charge is 0.350 e. The second-order valence-corrected chi connectivity index (χ2v) is 7.70. The van der Waals surface area contributed by atoms with Gasteiger partial charge in [-0.2, -0.15) is 5.10 Å². The van der Waals surface area contributed by atoms with E-state index in [0.29, 0.717) is 16.5 Å². The molecule has 0 spiro atoms. The summed E-state index contributed by atoms with van der Waals surface area (Å²) in [6.07, 6.45) is 1.18. The smallest absolute Gasteiger partial charge is 0.242 e. The summed E-state index contributed by atoms with van der Waals surface area (Å²) in [5.41, 5.74) is 1.02. The highest BCUT2D eigenvalue weighted by molar-refractivity contribution is 7.89. The molecule has 9 heteroatoms. The number of carbonyl (C=O) groups is 1. The number of hydrogen-bond acceptors (Lipinski definition) is 5. The SMILES string of the molecule is CNS(=O)(=O)c1cccc(CNC(=O)Cn2ncc(=O)c3ccccc32)c1. The van der Waals surface area contributed by atoms with Crippen LogP contribution in [0.2, 0.25) is 0 Å². The third kappa shape index (κ3) is 4.21. The summed E-state index contributed by atoms with van der Waals surface area (Å²) in [5, 5.41) is 7.24. The standard InChI is InChI=1S/C18H18N4O4S/c1-19-27(25,26)14-6-4-5-13(9-14)10-20-18(24)12-22-16-8-3-2-7-15(16)17(23)11-21-22/h2-9,11,19H,10,12H2,1H3,(H,20,24). The van der Waals surface area contributed by atoms with Crippen molar-refractivity contribution in [2.24, 2.45) is 0 Å². The van der Waals surface area contributed by atoms with E-state index in [1.807, 2.05) is 0 Å². The van der Waals surface area contributed by atoms with Crippen LogP contribution in [0.25, 0.3) is 10.9 Å². The Labute approximate surface area is 155 Å². The van der Waals surface area contributed by atoms with E-state index in [-0.39, 0.29) is 29.3 Å². The average Bonchev–Trinajstić information content (AvgIpc) is 2.69. The molecule has 27 heavy (non-hydrogen) atoms. The molecule has 0 aliphatic rings. The van der Waals surface area contributed by atoms with Crippen molar-refractivity contribution in [1.29, 1.82) is 0 Å². The number of benzene rings is 2. The van der Waals surface area contributed by atoms with Crippen molar-refractivity contribution >= 4 is 26.8 Å². The summed E-state index contributed by atoms with van der Waals surface area (Å²) < 4.78 is 27.4. The maximum Gasteiger partial charge on any atom is 0.242 e. The zero-order valence-corrected chi connectivity index (χ0v) is 15.4. The Morgan fingerprint density at radius 2 is 1.93 bits per heavy atom. The first-order valence-corrected chi connectivity index (χ1v) is 9.63. The minimum absolute atomic E-state index is 0.0602. The van der Waals surface area contributed by atoms with Gasteiger partial charge in [0, 0.05) is 11.9 Å². The van der Waals surface area contributed by atoms with Crippen LogP contribution in [0.5, 0.6) is 0 Å². The summed E-state index contributed by atoms with van der Waals surface area (Å²) >= 11 is 0. The Bertz CT molecular complexity index is 1160. The van der Waals surface area contributed by atoms with Gasteiger partial charge in [0.15, 0.2) is 0 Å².